The van der Waals surface area contributed by atoms with E-state index in [2.05, 4.69) is 30.7 Å². The molecule has 0 saturated heterocycles. The molecule has 1 aromatic carbocycles. The number of nitrogens with zero attached hydrogens (tertiary/aromatic N) is 5. The summed E-state index contributed by atoms with van der Waals surface area (Å²) in [5.41, 5.74) is -4.61. The van der Waals surface area contributed by atoms with E-state index >= 15 is 4.39 Å². The molecule has 58 heavy (non-hydrogen) atoms. The molecule has 4 rings (SSSR count). The number of carbonyl (C=O) groups excluding carboxylic acids is 5. The lowest BCUT2D eigenvalue weighted by molar-refractivity contribution is -0.385. The van der Waals surface area contributed by atoms with Crippen molar-refractivity contribution in [2.45, 2.75) is 76.3 Å². The number of benzene rings is 1. The van der Waals surface area contributed by atoms with Crippen LogP contribution in [0.4, 0.5) is 21.6 Å². The monoisotopic (exact) mass is 834 g/mol. The Bertz CT molecular complexity index is 2130. The normalized spacial score (nSPS) is 20.5. The van der Waals surface area contributed by atoms with Crippen molar-refractivity contribution >= 4 is 60.3 Å². The van der Waals surface area contributed by atoms with E-state index in [1.165, 1.54) is 31.2 Å². The van der Waals surface area contributed by atoms with Crippen LogP contribution in [-0.2, 0) is 39.5 Å². The van der Waals surface area contributed by atoms with Crippen LogP contribution in [0.2, 0.25) is 0 Å². The molecular weight excluding hydrogens is 794 g/mol. The Morgan fingerprint density at radius 3 is 2.41 bits per heavy atom. The fourth-order valence-electron chi connectivity index (χ4n) is 5.58. The van der Waals surface area contributed by atoms with Crippen molar-refractivity contribution in [1.29, 1.82) is 0 Å². The molecule has 0 saturated carbocycles. The summed E-state index contributed by atoms with van der Waals surface area (Å²) in [5.74, 6) is -2.98. The average molecular weight is 835 g/mol. The molecule has 3 atom stereocenters. The van der Waals surface area contributed by atoms with E-state index in [-0.39, 0.29) is 60.4 Å². The number of nitro groups is 1. The standard InChI is InChI=1S/C34H40FN8O14P/c1-21(7-10-28(45)37-26-13-16-41(32(49)38-26)20-34(35)14-17-56-25(33(34,2)50)19-57-58(53,54)55)39-40-31(48)23-9-8-22(18-24(23)43(51)52)36-27(44)6-4-3-5-15-42-29(46)11-12-30(42)47/h8-9,11-14,16-18,25,50H,3-7,10,15,19-20H2,1-2H3,(H,36,44)(H,40,48)(H2,53,54,55)(H,37,38,45,49)/b39-21+/t25-,33?,34?/m1/s1. The van der Waals surface area contributed by atoms with Gasteiger partial charge < -0.3 is 30.3 Å². The fourth-order valence-corrected chi connectivity index (χ4v) is 5.91. The number of alkyl halides is 1. The molecular formula is C34H40FN8O14P. The molecule has 312 valence electrons. The number of carbonyl (C=O) groups is 5. The highest BCUT2D eigenvalue weighted by atomic mass is 31.2. The van der Waals surface area contributed by atoms with Gasteiger partial charge in [0.25, 0.3) is 23.4 Å². The molecule has 2 aliphatic rings. The largest absolute Gasteiger partial charge is 0.493 e. The predicted octanol–water partition coefficient (Wildman–Crippen LogP) is 1.58. The SMILES string of the molecule is C/C(CCC(=O)Nc1ccn(CC2(F)C=CO[C@H](COP(=O)(O)O)C2(C)O)c(=O)n1)=N\NC(=O)c1ccc(NC(=O)CCCCCN2C(=O)C=CC2=O)cc1[N+](=O)[O-]. The van der Waals surface area contributed by atoms with Gasteiger partial charge in [0.2, 0.25) is 11.8 Å². The lowest BCUT2D eigenvalue weighted by Crippen LogP contribution is -2.61. The topological polar surface area (TPSA) is 311 Å². The minimum absolute atomic E-state index is 0.0112. The number of hydrogen-bond donors (Lipinski definition) is 6. The van der Waals surface area contributed by atoms with Gasteiger partial charge in [-0.2, -0.15) is 10.1 Å². The zero-order valence-electron chi connectivity index (χ0n) is 31.0. The Hall–Kier alpha value is -6.00. The Labute approximate surface area is 328 Å². The number of nitrogens with one attached hydrogen (secondary N) is 3. The Morgan fingerprint density at radius 1 is 1.07 bits per heavy atom. The molecule has 3 heterocycles. The quantitative estimate of drug-likeness (QED) is 0.0292. The third kappa shape index (κ3) is 12.0. The molecule has 22 nitrogen and oxygen atoms in total. The van der Waals surface area contributed by atoms with Crippen molar-refractivity contribution in [2.24, 2.45) is 5.10 Å². The van der Waals surface area contributed by atoms with E-state index in [4.69, 9.17) is 14.5 Å². The lowest BCUT2D eigenvalue weighted by Gasteiger charge is -2.44. The molecule has 0 radical (unpaired) electrons. The summed E-state index contributed by atoms with van der Waals surface area (Å²) < 4.78 is 37.3. The molecule has 0 bridgehead atoms. The van der Waals surface area contributed by atoms with Crippen LogP contribution < -0.4 is 21.7 Å². The highest BCUT2D eigenvalue weighted by molar-refractivity contribution is 7.46. The number of amides is 5. The summed E-state index contributed by atoms with van der Waals surface area (Å²) >= 11 is 0. The number of aromatic nitrogens is 2. The molecule has 0 spiro atoms. The number of anilines is 2. The van der Waals surface area contributed by atoms with Gasteiger partial charge in [0.05, 0.1) is 24.3 Å². The molecule has 6 N–H and O–H groups in total. The van der Waals surface area contributed by atoms with Gasteiger partial charge in [-0.15, -0.1) is 0 Å². The summed E-state index contributed by atoms with van der Waals surface area (Å²) in [6, 6.07) is 4.64. The molecule has 2 aliphatic heterocycles. The van der Waals surface area contributed by atoms with Crippen LogP contribution in [-0.4, -0.2) is 100 Å². The lowest BCUT2D eigenvalue weighted by atomic mass is 9.80. The highest BCUT2D eigenvalue weighted by Gasteiger charge is 2.55. The van der Waals surface area contributed by atoms with Crippen molar-refractivity contribution in [2.75, 3.05) is 23.8 Å². The van der Waals surface area contributed by atoms with Gasteiger partial charge in [-0.1, -0.05) is 6.42 Å². The number of imide groups is 1. The first-order valence-electron chi connectivity index (χ1n) is 17.5. The van der Waals surface area contributed by atoms with Crippen LogP contribution in [0.3, 0.4) is 0 Å². The van der Waals surface area contributed by atoms with Crippen molar-refractivity contribution < 1.29 is 62.0 Å². The number of halogens is 1. The predicted molar refractivity (Wildman–Crippen MR) is 199 cm³/mol. The van der Waals surface area contributed by atoms with E-state index in [1.807, 2.05) is 0 Å². The van der Waals surface area contributed by atoms with Crippen molar-refractivity contribution in [3.8, 4) is 0 Å². The van der Waals surface area contributed by atoms with Crippen LogP contribution in [0, 0.1) is 10.1 Å². The molecule has 24 heteroatoms. The third-order valence-corrected chi connectivity index (χ3v) is 9.44. The maximum atomic E-state index is 16.0. The minimum Gasteiger partial charge on any atom is -0.493 e. The second kappa shape index (κ2) is 19.0. The van der Waals surface area contributed by atoms with Crippen LogP contribution in [0.25, 0.3) is 0 Å². The molecule has 2 aromatic rings. The first-order valence-corrected chi connectivity index (χ1v) is 19.0. The van der Waals surface area contributed by atoms with Crippen LogP contribution in [0.5, 0.6) is 0 Å². The van der Waals surface area contributed by atoms with Gasteiger partial charge in [0.1, 0.15) is 17.0 Å². The summed E-state index contributed by atoms with van der Waals surface area (Å²) in [6.07, 6.45) is 4.91. The number of unbranched alkanes of at least 4 members (excludes halogenated alkanes) is 2. The number of phosphoric acid groups is 1. The van der Waals surface area contributed by atoms with Crippen LogP contribution >= 0.6 is 7.82 Å². The fraction of sp³-hybridized carbons (Fsp3) is 0.412. The second-order valence-corrected chi connectivity index (χ2v) is 14.5. The zero-order valence-corrected chi connectivity index (χ0v) is 31.9. The number of aliphatic hydroxyl groups is 1. The molecule has 1 aromatic heterocycles. The molecule has 0 fully saturated rings. The number of nitro benzene ring substituents is 1. The van der Waals surface area contributed by atoms with Crippen molar-refractivity contribution in [3.05, 3.63) is 81.1 Å². The van der Waals surface area contributed by atoms with Gasteiger partial charge in [0.15, 0.2) is 11.8 Å². The van der Waals surface area contributed by atoms with Crippen LogP contribution in [0.1, 0.15) is 62.7 Å². The van der Waals surface area contributed by atoms with Crippen molar-refractivity contribution in [1.82, 2.24) is 19.9 Å². The second-order valence-electron chi connectivity index (χ2n) is 13.3. The summed E-state index contributed by atoms with van der Waals surface area (Å²) in [4.78, 5) is 107. The molecule has 5 amide bonds. The summed E-state index contributed by atoms with van der Waals surface area (Å²) in [7, 11) is -4.97. The summed E-state index contributed by atoms with van der Waals surface area (Å²) in [6.45, 7) is 1.02. The Balaban J connectivity index is 1.24. The van der Waals surface area contributed by atoms with Gasteiger partial charge >= 0.3 is 13.5 Å². The van der Waals surface area contributed by atoms with E-state index in [9.17, 15) is 48.6 Å². The van der Waals surface area contributed by atoms with Gasteiger partial charge in [-0.25, -0.2) is 19.2 Å². The van der Waals surface area contributed by atoms with Gasteiger partial charge in [0, 0.05) is 55.2 Å². The van der Waals surface area contributed by atoms with E-state index in [0.29, 0.717) is 19.3 Å². The minimum atomic E-state index is -4.97. The maximum absolute atomic E-state index is 16.0. The van der Waals surface area contributed by atoms with Crippen molar-refractivity contribution in [3.63, 3.8) is 0 Å². The molecule has 2 unspecified atom stereocenters. The average Bonchev–Trinajstić information content (AvgIpc) is 3.46. The van der Waals surface area contributed by atoms with E-state index in [0.717, 1.165) is 47.1 Å². The number of ether oxygens (including phenoxy) is 1. The first kappa shape index (κ1) is 44.7. The number of rotatable bonds is 19. The third-order valence-electron chi connectivity index (χ3n) is 8.95. The smallest absolute Gasteiger partial charge is 0.469 e. The van der Waals surface area contributed by atoms with Gasteiger partial charge in [-0.3, -0.25) is 48.1 Å². The van der Waals surface area contributed by atoms with E-state index < -0.39 is 72.4 Å². The van der Waals surface area contributed by atoms with Gasteiger partial charge in [-0.05, 0) is 57.4 Å². The number of hydrogen-bond acceptors (Lipinski definition) is 14. The zero-order chi connectivity index (χ0) is 42.8. The Morgan fingerprint density at radius 2 is 1.76 bits per heavy atom. The molecule has 0 aliphatic carbocycles. The maximum Gasteiger partial charge on any atom is 0.469 e. The first-order chi connectivity index (χ1) is 27.2. The van der Waals surface area contributed by atoms with E-state index in [1.54, 1.807) is 0 Å². The highest BCUT2D eigenvalue weighted by Crippen LogP contribution is 2.41. The van der Waals surface area contributed by atoms with Crippen LogP contribution in [0.15, 0.2) is 64.8 Å². The summed E-state index contributed by atoms with van der Waals surface area (Å²) in [5, 5.41) is 31.4. The number of hydrazone groups is 1. The Kier molecular flexibility index (Phi) is 14.6. The number of phosphoric ester groups is 1.